The number of phenolic OH excluding ortho intramolecular Hbond substituents is 1. The van der Waals surface area contributed by atoms with Crippen molar-refractivity contribution < 1.29 is 14.3 Å². The van der Waals surface area contributed by atoms with Gasteiger partial charge in [0.05, 0.1) is 0 Å². The van der Waals surface area contributed by atoms with E-state index in [1.807, 2.05) is 0 Å². The number of phenols is 1. The minimum absolute atomic E-state index is 0.170. The lowest BCUT2D eigenvalue weighted by atomic mass is 10.2. The molecule has 2 N–H and O–H groups in total. The molecule has 2 aromatic rings. The highest BCUT2D eigenvalue weighted by Crippen LogP contribution is 2.15. The third kappa shape index (κ3) is 3.79. The molecule has 2 rings (SSSR count). The van der Waals surface area contributed by atoms with Crippen LogP contribution in [0.1, 0.15) is 15.9 Å². The number of hydrogen-bond donors (Lipinski definition) is 2. The predicted molar refractivity (Wildman–Crippen MR) is 73.4 cm³/mol. The number of hydrogen-bond acceptors (Lipinski definition) is 2. The van der Waals surface area contributed by atoms with E-state index >= 15 is 0 Å². The molecule has 98 valence electrons. The number of nitrogens with one attached hydrogen (secondary N) is 1. The highest BCUT2D eigenvalue weighted by Gasteiger charge is 2.08. The largest absolute Gasteiger partial charge is 0.508 e. The van der Waals surface area contributed by atoms with Crippen molar-refractivity contribution in [1.29, 1.82) is 0 Å². The first kappa shape index (κ1) is 13.5. The zero-order chi connectivity index (χ0) is 13.8. The SMILES string of the molecule is O=C(NCc1ccc(O)cc1)c1cc(F)cc(Br)c1. The lowest BCUT2D eigenvalue weighted by Crippen LogP contribution is -2.22. The van der Waals surface area contributed by atoms with Gasteiger partial charge in [-0.1, -0.05) is 28.1 Å². The Morgan fingerprint density at radius 3 is 2.53 bits per heavy atom. The molecule has 0 aliphatic heterocycles. The summed E-state index contributed by atoms with van der Waals surface area (Å²) in [6.45, 7) is 0.313. The van der Waals surface area contributed by atoms with Crippen LogP contribution in [-0.4, -0.2) is 11.0 Å². The van der Waals surface area contributed by atoms with Gasteiger partial charge in [0.2, 0.25) is 0 Å². The topological polar surface area (TPSA) is 49.3 Å². The van der Waals surface area contributed by atoms with Crippen molar-refractivity contribution in [3.63, 3.8) is 0 Å². The van der Waals surface area contributed by atoms with Crippen molar-refractivity contribution in [2.45, 2.75) is 6.54 Å². The summed E-state index contributed by atoms with van der Waals surface area (Å²) in [6, 6.07) is 10.5. The second-order valence-corrected chi connectivity index (χ2v) is 4.92. The molecule has 0 fully saturated rings. The van der Waals surface area contributed by atoms with Gasteiger partial charge in [0.25, 0.3) is 5.91 Å². The Labute approximate surface area is 118 Å². The average Bonchev–Trinajstić information content (AvgIpc) is 2.36. The molecular formula is C14H11BrFNO2. The van der Waals surface area contributed by atoms with Crippen LogP contribution in [0.25, 0.3) is 0 Å². The molecule has 0 saturated heterocycles. The van der Waals surface area contributed by atoms with E-state index in [9.17, 15) is 9.18 Å². The molecule has 0 aliphatic carbocycles. The summed E-state index contributed by atoms with van der Waals surface area (Å²) in [5.74, 6) is -0.651. The fraction of sp³-hybridized carbons (Fsp3) is 0.0714. The Bertz CT molecular complexity index is 579. The van der Waals surface area contributed by atoms with Crippen molar-refractivity contribution in [3.8, 4) is 5.75 Å². The normalized spacial score (nSPS) is 10.2. The van der Waals surface area contributed by atoms with E-state index in [2.05, 4.69) is 21.2 Å². The molecule has 0 spiro atoms. The summed E-state index contributed by atoms with van der Waals surface area (Å²) in [5.41, 5.74) is 1.10. The van der Waals surface area contributed by atoms with E-state index < -0.39 is 5.82 Å². The predicted octanol–water partition coefficient (Wildman–Crippen LogP) is 3.22. The Hall–Kier alpha value is -1.88. The van der Waals surface area contributed by atoms with Crippen LogP contribution in [0.2, 0.25) is 0 Å². The summed E-state index contributed by atoms with van der Waals surface area (Å²) in [6.07, 6.45) is 0. The third-order valence-corrected chi connectivity index (χ3v) is 2.97. The van der Waals surface area contributed by atoms with E-state index in [0.717, 1.165) is 5.56 Å². The van der Waals surface area contributed by atoms with Crippen molar-refractivity contribution in [2.75, 3.05) is 0 Å². The fourth-order valence-electron chi connectivity index (χ4n) is 1.58. The van der Waals surface area contributed by atoms with Crippen molar-refractivity contribution >= 4 is 21.8 Å². The highest BCUT2D eigenvalue weighted by molar-refractivity contribution is 9.10. The van der Waals surface area contributed by atoms with E-state index in [1.165, 1.54) is 12.1 Å². The number of amides is 1. The minimum Gasteiger partial charge on any atom is -0.508 e. The second kappa shape index (κ2) is 5.84. The van der Waals surface area contributed by atoms with Crippen molar-refractivity contribution in [2.24, 2.45) is 0 Å². The number of carbonyl (C=O) groups is 1. The smallest absolute Gasteiger partial charge is 0.251 e. The molecule has 2 aromatic carbocycles. The lowest BCUT2D eigenvalue weighted by molar-refractivity contribution is 0.0950. The van der Waals surface area contributed by atoms with Crippen LogP contribution in [0.5, 0.6) is 5.75 Å². The first-order valence-electron chi connectivity index (χ1n) is 5.57. The van der Waals surface area contributed by atoms with Crippen LogP contribution >= 0.6 is 15.9 Å². The molecule has 0 bridgehead atoms. The standard InChI is InChI=1S/C14H11BrFNO2/c15-11-5-10(6-12(16)7-11)14(19)17-8-9-1-3-13(18)4-2-9/h1-7,18H,8H2,(H,17,19). The van der Waals surface area contributed by atoms with Crippen molar-refractivity contribution in [3.05, 3.63) is 63.9 Å². The van der Waals surface area contributed by atoms with Gasteiger partial charge in [0, 0.05) is 16.6 Å². The van der Waals surface area contributed by atoms with Crippen LogP contribution < -0.4 is 5.32 Å². The number of carbonyl (C=O) groups excluding carboxylic acids is 1. The average molecular weight is 324 g/mol. The molecule has 1 amide bonds. The van der Waals surface area contributed by atoms with Crippen molar-refractivity contribution in [1.82, 2.24) is 5.32 Å². The van der Waals surface area contributed by atoms with Gasteiger partial charge in [0.1, 0.15) is 11.6 Å². The quantitative estimate of drug-likeness (QED) is 0.911. The lowest BCUT2D eigenvalue weighted by Gasteiger charge is -2.06. The summed E-state index contributed by atoms with van der Waals surface area (Å²) in [4.78, 5) is 11.8. The van der Waals surface area contributed by atoms with Crippen LogP contribution in [0, 0.1) is 5.82 Å². The Balaban J connectivity index is 2.03. The van der Waals surface area contributed by atoms with E-state index in [1.54, 1.807) is 30.3 Å². The zero-order valence-corrected chi connectivity index (χ0v) is 11.4. The van der Waals surface area contributed by atoms with Gasteiger partial charge >= 0.3 is 0 Å². The molecule has 5 heteroatoms. The maximum Gasteiger partial charge on any atom is 0.251 e. The zero-order valence-electron chi connectivity index (χ0n) is 9.86. The van der Waals surface area contributed by atoms with Gasteiger partial charge in [-0.2, -0.15) is 0 Å². The van der Waals surface area contributed by atoms with Crippen LogP contribution in [0.3, 0.4) is 0 Å². The van der Waals surface area contributed by atoms with Crippen LogP contribution in [0.15, 0.2) is 46.9 Å². The first-order chi connectivity index (χ1) is 9.04. The second-order valence-electron chi connectivity index (χ2n) is 4.01. The number of rotatable bonds is 3. The molecular weight excluding hydrogens is 313 g/mol. The van der Waals surface area contributed by atoms with E-state index in [0.29, 0.717) is 11.0 Å². The number of halogens is 2. The molecule has 0 atom stereocenters. The molecule has 0 unspecified atom stereocenters. The maximum atomic E-state index is 13.2. The number of aromatic hydroxyl groups is 1. The summed E-state index contributed by atoms with van der Waals surface area (Å²) in [7, 11) is 0. The number of benzene rings is 2. The van der Waals surface area contributed by atoms with Gasteiger partial charge in [-0.3, -0.25) is 4.79 Å². The summed E-state index contributed by atoms with van der Waals surface area (Å²) in [5, 5.41) is 11.8. The highest BCUT2D eigenvalue weighted by atomic mass is 79.9. The van der Waals surface area contributed by atoms with E-state index in [4.69, 9.17) is 5.11 Å². The Morgan fingerprint density at radius 2 is 1.89 bits per heavy atom. The molecule has 3 nitrogen and oxygen atoms in total. The molecule has 0 saturated carbocycles. The van der Waals surface area contributed by atoms with Gasteiger partial charge in [-0.15, -0.1) is 0 Å². The van der Waals surface area contributed by atoms with Gasteiger partial charge in [-0.25, -0.2) is 4.39 Å². The molecule has 0 heterocycles. The molecule has 0 radical (unpaired) electrons. The van der Waals surface area contributed by atoms with Gasteiger partial charge in [-0.05, 0) is 35.9 Å². The minimum atomic E-state index is -0.468. The maximum absolute atomic E-state index is 13.2. The monoisotopic (exact) mass is 323 g/mol. The first-order valence-corrected chi connectivity index (χ1v) is 6.36. The summed E-state index contributed by atoms with van der Waals surface area (Å²) < 4.78 is 13.7. The molecule has 0 aliphatic rings. The fourth-order valence-corrected chi connectivity index (χ4v) is 2.05. The third-order valence-electron chi connectivity index (χ3n) is 2.51. The Kier molecular flexibility index (Phi) is 4.16. The molecule has 19 heavy (non-hydrogen) atoms. The van der Waals surface area contributed by atoms with Gasteiger partial charge < -0.3 is 10.4 Å². The Morgan fingerprint density at radius 1 is 1.21 bits per heavy atom. The van der Waals surface area contributed by atoms with Gasteiger partial charge in [0.15, 0.2) is 0 Å². The van der Waals surface area contributed by atoms with Crippen LogP contribution in [-0.2, 0) is 6.54 Å². The molecule has 0 aromatic heterocycles. The van der Waals surface area contributed by atoms with E-state index in [-0.39, 0.29) is 17.2 Å². The van der Waals surface area contributed by atoms with Crippen LogP contribution in [0.4, 0.5) is 4.39 Å². The summed E-state index contributed by atoms with van der Waals surface area (Å²) >= 11 is 3.14.